The Labute approximate surface area is 141 Å². The predicted octanol–water partition coefficient (Wildman–Crippen LogP) is 5.03. The maximum Gasteiger partial charge on any atom is 0.298 e. The first-order valence-electron chi connectivity index (χ1n) is 6.76. The van der Waals surface area contributed by atoms with Crippen molar-refractivity contribution in [1.82, 2.24) is 0 Å². The molecule has 0 N–H and O–H groups in total. The second-order valence-corrected chi connectivity index (χ2v) is 6.39. The van der Waals surface area contributed by atoms with Gasteiger partial charge in [-0.05, 0) is 49.0 Å². The molecule has 0 aliphatic carbocycles. The normalized spacial score (nSPS) is 16.5. The van der Waals surface area contributed by atoms with E-state index in [-0.39, 0.29) is 15.5 Å². The molecule has 0 bridgehead atoms. The van der Waals surface area contributed by atoms with E-state index in [0.717, 1.165) is 22.2 Å². The molecule has 1 heterocycles. The molecule has 1 aliphatic rings. The van der Waals surface area contributed by atoms with Crippen LogP contribution in [0.25, 0.3) is 6.08 Å². The second-order valence-electron chi connectivity index (χ2n) is 4.99. The molecule has 3 nitrogen and oxygen atoms in total. The Morgan fingerprint density at radius 1 is 1.13 bits per heavy atom. The van der Waals surface area contributed by atoms with Crippen LogP contribution >= 0.6 is 23.4 Å². The number of hydrogen-bond acceptors (Lipinski definition) is 3. The Bertz CT molecular complexity index is 813. The highest BCUT2D eigenvalue weighted by atomic mass is 35.5. The van der Waals surface area contributed by atoms with Crippen LogP contribution in [-0.2, 0) is 4.79 Å². The van der Waals surface area contributed by atoms with Gasteiger partial charge in [-0.3, -0.25) is 9.59 Å². The van der Waals surface area contributed by atoms with Crippen molar-refractivity contribution in [3.8, 4) is 0 Å². The maximum absolute atomic E-state index is 13.8. The molecule has 0 radical (unpaired) electrons. The van der Waals surface area contributed by atoms with Crippen LogP contribution in [0.2, 0.25) is 5.02 Å². The Morgan fingerprint density at radius 2 is 1.83 bits per heavy atom. The minimum atomic E-state index is -0.542. The smallest absolute Gasteiger partial charge is 0.268 e. The summed E-state index contributed by atoms with van der Waals surface area (Å²) in [6.45, 7) is 1.91. The number of hydrogen-bond donors (Lipinski definition) is 0. The highest BCUT2D eigenvalue weighted by Crippen LogP contribution is 2.36. The first-order valence-corrected chi connectivity index (χ1v) is 7.95. The van der Waals surface area contributed by atoms with Gasteiger partial charge in [0.25, 0.3) is 11.1 Å². The lowest BCUT2D eigenvalue weighted by Gasteiger charge is -2.12. The lowest BCUT2D eigenvalue weighted by atomic mass is 10.2. The van der Waals surface area contributed by atoms with Gasteiger partial charge in [-0.25, -0.2) is 9.29 Å². The third-order valence-corrected chi connectivity index (χ3v) is 4.56. The van der Waals surface area contributed by atoms with Crippen LogP contribution in [0.3, 0.4) is 0 Å². The molecule has 2 aromatic carbocycles. The molecular weight excluding hydrogens is 337 g/mol. The Kier molecular flexibility index (Phi) is 4.24. The van der Waals surface area contributed by atoms with E-state index < -0.39 is 17.0 Å². The molecule has 2 aromatic rings. The van der Waals surface area contributed by atoms with Crippen LogP contribution in [-0.4, -0.2) is 11.1 Å². The van der Waals surface area contributed by atoms with Crippen molar-refractivity contribution >= 4 is 46.3 Å². The van der Waals surface area contributed by atoms with Crippen LogP contribution in [0.1, 0.15) is 11.1 Å². The lowest BCUT2D eigenvalue weighted by Crippen LogP contribution is -2.27. The number of halogens is 2. The van der Waals surface area contributed by atoms with E-state index in [4.69, 9.17) is 11.6 Å². The quantitative estimate of drug-likeness (QED) is 0.715. The number of anilines is 1. The third kappa shape index (κ3) is 3.02. The molecule has 0 spiro atoms. The summed E-state index contributed by atoms with van der Waals surface area (Å²) < 4.78 is 13.8. The molecule has 0 atom stereocenters. The van der Waals surface area contributed by atoms with Gasteiger partial charge in [0.15, 0.2) is 0 Å². The summed E-state index contributed by atoms with van der Waals surface area (Å²) in [7, 11) is 0. The summed E-state index contributed by atoms with van der Waals surface area (Å²) in [6, 6.07) is 11.3. The number of carbonyl (C=O) groups excluding carboxylic acids is 2. The maximum atomic E-state index is 13.8. The van der Waals surface area contributed by atoms with Crippen molar-refractivity contribution in [2.24, 2.45) is 0 Å². The van der Waals surface area contributed by atoms with E-state index in [1.54, 1.807) is 12.1 Å². The monoisotopic (exact) mass is 347 g/mol. The summed E-state index contributed by atoms with van der Waals surface area (Å²) in [5.41, 5.74) is 1.61. The van der Waals surface area contributed by atoms with Crippen LogP contribution in [0.5, 0.6) is 0 Å². The van der Waals surface area contributed by atoms with E-state index in [0.29, 0.717) is 5.69 Å². The molecule has 23 heavy (non-hydrogen) atoms. The largest absolute Gasteiger partial charge is 0.298 e. The fourth-order valence-corrected chi connectivity index (χ4v) is 3.20. The summed E-state index contributed by atoms with van der Waals surface area (Å²) in [5, 5.41) is -0.232. The number of benzene rings is 2. The first-order chi connectivity index (χ1) is 11.0. The van der Waals surface area contributed by atoms with Crippen LogP contribution in [0.15, 0.2) is 47.4 Å². The van der Waals surface area contributed by atoms with Crippen molar-refractivity contribution in [3.05, 3.63) is 69.3 Å². The fourth-order valence-electron chi connectivity index (χ4n) is 2.16. The summed E-state index contributed by atoms with van der Waals surface area (Å²) in [5.74, 6) is -1.03. The molecule has 2 amide bonds. The molecular formula is C17H11ClFNO2S. The molecule has 0 saturated carbocycles. The van der Waals surface area contributed by atoms with Crippen LogP contribution < -0.4 is 4.90 Å². The summed E-state index contributed by atoms with van der Waals surface area (Å²) in [4.78, 5) is 25.8. The standard InChI is InChI=1S/C17H11ClFNO2S/c1-10-5-7-11(8-6-10)20-16(21)15(23-17(20)22)9-12-13(18)3-2-4-14(12)19/h2-9H,1H3/b15-9-. The van der Waals surface area contributed by atoms with Crippen molar-refractivity contribution in [1.29, 1.82) is 0 Å². The Hall–Kier alpha value is -2.11. The van der Waals surface area contributed by atoms with Gasteiger partial charge in [-0.15, -0.1) is 0 Å². The number of nitrogens with zero attached hydrogens (tertiary/aromatic N) is 1. The van der Waals surface area contributed by atoms with Crippen molar-refractivity contribution in [3.63, 3.8) is 0 Å². The summed E-state index contributed by atoms with van der Waals surface area (Å²) in [6.07, 6.45) is 1.32. The zero-order chi connectivity index (χ0) is 16.6. The summed E-state index contributed by atoms with van der Waals surface area (Å²) >= 11 is 6.73. The Morgan fingerprint density at radius 3 is 2.48 bits per heavy atom. The highest BCUT2D eigenvalue weighted by molar-refractivity contribution is 8.19. The van der Waals surface area contributed by atoms with Gasteiger partial charge in [0.1, 0.15) is 5.82 Å². The first kappa shape index (κ1) is 15.8. The van der Waals surface area contributed by atoms with E-state index in [1.807, 2.05) is 19.1 Å². The van der Waals surface area contributed by atoms with Gasteiger partial charge in [-0.1, -0.05) is 35.4 Å². The molecule has 1 fully saturated rings. The van der Waals surface area contributed by atoms with Gasteiger partial charge < -0.3 is 0 Å². The zero-order valence-corrected chi connectivity index (χ0v) is 13.6. The van der Waals surface area contributed by atoms with E-state index in [9.17, 15) is 14.0 Å². The lowest BCUT2D eigenvalue weighted by molar-refractivity contribution is -0.113. The van der Waals surface area contributed by atoms with E-state index in [1.165, 1.54) is 24.3 Å². The van der Waals surface area contributed by atoms with Gasteiger partial charge in [0.05, 0.1) is 15.6 Å². The number of amides is 2. The number of aryl methyl sites for hydroxylation is 1. The average Bonchev–Trinajstić information content (AvgIpc) is 2.79. The SMILES string of the molecule is Cc1ccc(N2C(=O)S/C(=C\c3c(F)cccc3Cl)C2=O)cc1. The Balaban J connectivity index is 1.98. The van der Waals surface area contributed by atoms with Crippen LogP contribution in [0, 0.1) is 12.7 Å². The molecule has 0 aromatic heterocycles. The molecule has 0 unspecified atom stereocenters. The topological polar surface area (TPSA) is 37.4 Å². The predicted molar refractivity (Wildman–Crippen MR) is 91.0 cm³/mol. The molecule has 3 rings (SSSR count). The molecule has 116 valence electrons. The van der Waals surface area contributed by atoms with E-state index in [2.05, 4.69) is 0 Å². The average molecular weight is 348 g/mol. The fraction of sp³-hybridized carbons (Fsp3) is 0.0588. The minimum Gasteiger partial charge on any atom is -0.268 e. The number of thioether (sulfide) groups is 1. The number of rotatable bonds is 2. The minimum absolute atomic E-state index is 0.101. The van der Waals surface area contributed by atoms with Gasteiger partial charge in [-0.2, -0.15) is 0 Å². The molecule has 1 aliphatic heterocycles. The van der Waals surface area contributed by atoms with Crippen molar-refractivity contribution in [2.75, 3.05) is 4.90 Å². The highest BCUT2D eigenvalue weighted by Gasteiger charge is 2.36. The van der Waals surface area contributed by atoms with Gasteiger partial charge >= 0.3 is 0 Å². The van der Waals surface area contributed by atoms with Gasteiger partial charge in [0, 0.05) is 5.56 Å². The van der Waals surface area contributed by atoms with Crippen molar-refractivity contribution in [2.45, 2.75) is 6.92 Å². The van der Waals surface area contributed by atoms with Gasteiger partial charge in [0.2, 0.25) is 0 Å². The zero-order valence-electron chi connectivity index (χ0n) is 12.0. The number of carbonyl (C=O) groups is 2. The van der Waals surface area contributed by atoms with Crippen LogP contribution in [0.4, 0.5) is 14.9 Å². The molecule has 6 heteroatoms. The number of imide groups is 1. The third-order valence-electron chi connectivity index (χ3n) is 3.36. The molecule has 1 saturated heterocycles. The second kappa shape index (κ2) is 6.18. The van der Waals surface area contributed by atoms with Crippen molar-refractivity contribution < 1.29 is 14.0 Å². The van der Waals surface area contributed by atoms with E-state index >= 15 is 0 Å².